The Hall–Kier alpha value is -1.02. The van der Waals surface area contributed by atoms with Gasteiger partial charge < -0.3 is 10.8 Å². The number of aryl methyl sites for hydroxylation is 1. The van der Waals surface area contributed by atoms with E-state index in [4.69, 9.17) is 5.73 Å². The van der Waals surface area contributed by atoms with Gasteiger partial charge in [-0.15, -0.1) is 0 Å². The summed E-state index contributed by atoms with van der Waals surface area (Å²) in [4.78, 5) is 0. The highest BCUT2D eigenvalue weighted by Gasteiger charge is 2.40. The number of benzene rings is 1. The van der Waals surface area contributed by atoms with Gasteiger partial charge in [0.05, 0.1) is 0 Å². The standard InChI is InChI=1S/C16H25NO/c1-6-9(2)11-7-10(3)12-8-16(4,5)15(17)13(12)14(11)18/h7,9,15,18H,6,8,17H2,1-5H3/t9-,15-/m0/s1. The molecule has 1 aromatic rings. The van der Waals surface area contributed by atoms with E-state index in [-0.39, 0.29) is 11.5 Å². The molecule has 0 saturated heterocycles. The molecule has 0 spiro atoms. The lowest BCUT2D eigenvalue weighted by molar-refractivity contribution is 0.313. The highest BCUT2D eigenvalue weighted by molar-refractivity contribution is 5.55. The van der Waals surface area contributed by atoms with E-state index < -0.39 is 0 Å². The normalized spacial score (nSPS) is 22.9. The predicted molar refractivity (Wildman–Crippen MR) is 76.0 cm³/mol. The lowest BCUT2D eigenvalue weighted by Gasteiger charge is -2.24. The average Bonchev–Trinajstić information content (AvgIpc) is 2.55. The van der Waals surface area contributed by atoms with Crippen molar-refractivity contribution in [1.29, 1.82) is 0 Å². The van der Waals surface area contributed by atoms with Crippen molar-refractivity contribution in [2.75, 3.05) is 0 Å². The fourth-order valence-electron chi connectivity index (χ4n) is 3.02. The SMILES string of the molecule is CC[C@H](C)c1cc(C)c2c(c1O)[C@H](N)C(C)(C)C2. The molecule has 2 heteroatoms. The fourth-order valence-corrected chi connectivity index (χ4v) is 3.02. The summed E-state index contributed by atoms with van der Waals surface area (Å²) in [6, 6.07) is 2.09. The van der Waals surface area contributed by atoms with Crippen LogP contribution in [0, 0.1) is 12.3 Å². The fraction of sp³-hybridized carbons (Fsp3) is 0.625. The molecule has 0 unspecified atom stereocenters. The van der Waals surface area contributed by atoms with Crippen LogP contribution in [0.1, 0.15) is 68.3 Å². The number of phenols is 1. The smallest absolute Gasteiger partial charge is 0.124 e. The number of hydrogen-bond donors (Lipinski definition) is 2. The Morgan fingerprint density at radius 1 is 1.50 bits per heavy atom. The molecule has 1 aromatic carbocycles. The minimum Gasteiger partial charge on any atom is -0.507 e. The number of rotatable bonds is 2. The second-order valence-electron chi connectivity index (χ2n) is 6.48. The first-order valence-corrected chi connectivity index (χ1v) is 6.90. The Bertz CT molecular complexity index is 476. The number of nitrogens with two attached hydrogens (primary N) is 1. The minimum atomic E-state index is -0.0600. The molecule has 2 nitrogen and oxygen atoms in total. The van der Waals surface area contributed by atoms with Crippen molar-refractivity contribution in [2.24, 2.45) is 11.1 Å². The first kappa shape index (κ1) is 13.4. The molecule has 100 valence electrons. The molecule has 0 bridgehead atoms. The van der Waals surface area contributed by atoms with Crippen molar-refractivity contribution >= 4 is 0 Å². The van der Waals surface area contributed by atoms with Crippen LogP contribution in [0.15, 0.2) is 6.07 Å². The van der Waals surface area contributed by atoms with Gasteiger partial charge in [-0.1, -0.05) is 33.8 Å². The minimum absolute atomic E-state index is 0.0403. The predicted octanol–water partition coefficient (Wildman–Crippen LogP) is 3.80. The maximum atomic E-state index is 10.6. The van der Waals surface area contributed by atoms with E-state index in [2.05, 4.69) is 40.7 Å². The zero-order valence-corrected chi connectivity index (χ0v) is 12.2. The van der Waals surface area contributed by atoms with Gasteiger partial charge in [0.15, 0.2) is 0 Å². The summed E-state index contributed by atoms with van der Waals surface area (Å²) < 4.78 is 0. The third-order valence-corrected chi connectivity index (χ3v) is 4.63. The van der Waals surface area contributed by atoms with Crippen LogP contribution in [0.4, 0.5) is 0 Å². The van der Waals surface area contributed by atoms with E-state index in [1.807, 2.05) is 0 Å². The molecule has 3 N–H and O–H groups in total. The van der Waals surface area contributed by atoms with Crippen LogP contribution in [0.3, 0.4) is 0 Å². The van der Waals surface area contributed by atoms with E-state index in [0.29, 0.717) is 11.7 Å². The summed E-state index contributed by atoms with van der Waals surface area (Å²) in [6.07, 6.45) is 1.99. The third-order valence-electron chi connectivity index (χ3n) is 4.63. The van der Waals surface area contributed by atoms with E-state index in [1.54, 1.807) is 0 Å². The lowest BCUT2D eigenvalue weighted by atomic mass is 9.85. The van der Waals surface area contributed by atoms with Crippen molar-refractivity contribution in [1.82, 2.24) is 0 Å². The van der Waals surface area contributed by atoms with Crippen LogP contribution in [-0.2, 0) is 6.42 Å². The van der Waals surface area contributed by atoms with E-state index >= 15 is 0 Å². The highest BCUT2D eigenvalue weighted by atomic mass is 16.3. The number of fused-ring (bicyclic) bond motifs is 1. The van der Waals surface area contributed by atoms with Crippen LogP contribution >= 0.6 is 0 Å². The monoisotopic (exact) mass is 247 g/mol. The first-order valence-electron chi connectivity index (χ1n) is 6.90. The molecule has 0 aromatic heterocycles. The van der Waals surface area contributed by atoms with Crippen molar-refractivity contribution in [3.8, 4) is 5.75 Å². The maximum absolute atomic E-state index is 10.6. The van der Waals surface area contributed by atoms with Crippen molar-refractivity contribution in [2.45, 2.75) is 59.4 Å². The third kappa shape index (κ3) is 1.83. The van der Waals surface area contributed by atoms with E-state index in [0.717, 1.165) is 24.0 Å². The highest BCUT2D eigenvalue weighted by Crippen LogP contribution is 2.50. The second-order valence-corrected chi connectivity index (χ2v) is 6.48. The molecule has 0 heterocycles. The van der Waals surface area contributed by atoms with Crippen LogP contribution < -0.4 is 5.73 Å². The van der Waals surface area contributed by atoms with Crippen LogP contribution in [0.5, 0.6) is 5.75 Å². The van der Waals surface area contributed by atoms with Crippen LogP contribution in [0.2, 0.25) is 0 Å². The van der Waals surface area contributed by atoms with Gasteiger partial charge in [0, 0.05) is 11.6 Å². The summed E-state index contributed by atoms with van der Waals surface area (Å²) in [5.41, 5.74) is 11.0. The topological polar surface area (TPSA) is 46.2 Å². The van der Waals surface area contributed by atoms with Gasteiger partial charge >= 0.3 is 0 Å². The Labute approximate surface area is 110 Å². The van der Waals surface area contributed by atoms with Gasteiger partial charge in [-0.3, -0.25) is 0 Å². The first-order chi connectivity index (χ1) is 8.29. The van der Waals surface area contributed by atoms with Gasteiger partial charge in [0.1, 0.15) is 5.75 Å². The molecule has 0 saturated carbocycles. The van der Waals surface area contributed by atoms with E-state index in [1.165, 1.54) is 11.1 Å². The average molecular weight is 247 g/mol. The van der Waals surface area contributed by atoms with Gasteiger partial charge in [0.2, 0.25) is 0 Å². The zero-order chi connectivity index (χ0) is 13.7. The second kappa shape index (κ2) is 4.27. The molecule has 1 aliphatic rings. The van der Waals surface area contributed by atoms with Crippen molar-refractivity contribution < 1.29 is 5.11 Å². The Kier molecular flexibility index (Phi) is 3.18. The number of phenolic OH excluding ortho intramolecular Hbond substituents is 1. The van der Waals surface area contributed by atoms with Gasteiger partial charge in [-0.2, -0.15) is 0 Å². The summed E-state index contributed by atoms with van der Waals surface area (Å²) in [5, 5.41) is 10.6. The largest absolute Gasteiger partial charge is 0.507 e. The molecule has 0 radical (unpaired) electrons. The number of hydrogen-bond acceptors (Lipinski definition) is 2. The molecular formula is C16H25NO. The van der Waals surface area contributed by atoms with Gasteiger partial charge in [0.25, 0.3) is 0 Å². The quantitative estimate of drug-likeness (QED) is 0.835. The molecule has 2 rings (SSSR count). The Balaban J connectivity index is 2.63. The summed E-state index contributed by atoms with van der Waals surface area (Å²) >= 11 is 0. The zero-order valence-electron chi connectivity index (χ0n) is 12.2. The number of aromatic hydroxyl groups is 1. The molecule has 0 amide bonds. The lowest BCUT2D eigenvalue weighted by Crippen LogP contribution is -2.24. The Morgan fingerprint density at radius 3 is 2.67 bits per heavy atom. The Morgan fingerprint density at radius 2 is 2.11 bits per heavy atom. The van der Waals surface area contributed by atoms with Gasteiger partial charge in [-0.05, 0) is 47.8 Å². The van der Waals surface area contributed by atoms with Crippen LogP contribution in [-0.4, -0.2) is 5.11 Å². The molecule has 0 fully saturated rings. The summed E-state index contributed by atoms with van der Waals surface area (Å²) in [6.45, 7) is 10.8. The van der Waals surface area contributed by atoms with Crippen LogP contribution in [0.25, 0.3) is 0 Å². The molecular weight excluding hydrogens is 222 g/mol. The maximum Gasteiger partial charge on any atom is 0.124 e. The molecule has 0 aliphatic heterocycles. The molecule has 18 heavy (non-hydrogen) atoms. The summed E-state index contributed by atoms with van der Waals surface area (Å²) in [7, 11) is 0. The van der Waals surface area contributed by atoms with Crippen molar-refractivity contribution in [3.63, 3.8) is 0 Å². The molecule has 2 atom stereocenters. The van der Waals surface area contributed by atoms with E-state index in [9.17, 15) is 5.11 Å². The van der Waals surface area contributed by atoms with Crippen molar-refractivity contribution in [3.05, 3.63) is 28.3 Å². The summed E-state index contributed by atoms with van der Waals surface area (Å²) in [5.74, 6) is 0.827. The molecule has 1 aliphatic carbocycles. The van der Waals surface area contributed by atoms with Gasteiger partial charge in [-0.25, -0.2) is 0 Å².